The quantitative estimate of drug-likeness (QED) is 0.749. The molecule has 0 saturated carbocycles. The minimum Gasteiger partial charge on any atom is -0.0622 e. The molecule has 1 radical (unpaired) electrons. The molecule has 0 N–H and O–H groups in total. The molecule has 0 aromatic heterocycles. The van der Waals surface area contributed by atoms with Gasteiger partial charge in [0.25, 0.3) is 0 Å². The predicted molar refractivity (Wildman–Crippen MR) is 63.1 cm³/mol. The summed E-state index contributed by atoms with van der Waals surface area (Å²) in [6.45, 7) is 0. The van der Waals surface area contributed by atoms with Crippen LogP contribution in [-0.2, 0) is 0 Å². The summed E-state index contributed by atoms with van der Waals surface area (Å²) in [4.78, 5) is 0. The molecule has 1 heteroatoms. The Morgan fingerprint density at radius 2 is 1.29 bits per heavy atom. The zero-order valence-corrected chi connectivity index (χ0v) is 9.24. The van der Waals surface area contributed by atoms with E-state index in [1.165, 1.54) is 11.1 Å². The van der Waals surface area contributed by atoms with Gasteiger partial charge in [-0.05, 0) is 23.3 Å². The smallest absolute Gasteiger partial charge is 0.0199 e. The Balaban J connectivity index is 2.16. The fourth-order valence-corrected chi connectivity index (χ4v) is 1.57. The molecule has 0 aliphatic rings. The number of halogens is 1. The Morgan fingerprint density at radius 1 is 0.714 bits per heavy atom. The van der Waals surface area contributed by atoms with Crippen LogP contribution in [0.2, 0.25) is 0 Å². The Kier molecular flexibility index (Phi) is 3.00. The van der Waals surface area contributed by atoms with Crippen molar-refractivity contribution >= 4 is 15.9 Å². The largest absolute Gasteiger partial charge is 0.0622 e. The summed E-state index contributed by atoms with van der Waals surface area (Å²) in [5, 5.41) is 0. The molecule has 0 atom stereocenters. The molecule has 14 heavy (non-hydrogen) atoms. The van der Waals surface area contributed by atoms with E-state index >= 15 is 0 Å². The van der Waals surface area contributed by atoms with Gasteiger partial charge in [0.1, 0.15) is 0 Å². The number of hydrogen-bond donors (Lipinski definition) is 0. The van der Waals surface area contributed by atoms with Crippen LogP contribution in [0.15, 0.2) is 59.1 Å². The summed E-state index contributed by atoms with van der Waals surface area (Å²) in [5.41, 5.74) is 2.45. The minimum absolute atomic E-state index is 1.11. The summed E-state index contributed by atoms with van der Waals surface area (Å²) in [7, 11) is 0. The van der Waals surface area contributed by atoms with E-state index in [1.807, 2.05) is 18.2 Å². The highest BCUT2D eigenvalue weighted by Gasteiger charge is 1.95. The molecule has 2 rings (SSSR count). The van der Waals surface area contributed by atoms with Crippen molar-refractivity contribution in [3.63, 3.8) is 0 Å². The highest BCUT2D eigenvalue weighted by molar-refractivity contribution is 9.10. The van der Waals surface area contributed by atoms with Gasteiger partial charge in [-0.2, -0.15) is 0 Å². The van der Waals surface area contributed by atoms with Crippen LogP contribution in [-0.4, -0.2) is 0 Å². The first kappa shape index (κ1) is 9.47. The maximum absolute atomic E-state index is 3.42. The Labute approximate surface area is 92.7 Å². The van der Waals surface area contributed by atoms with E-state index in [4.69, 9.17) is 0 Å². The normalized spacial score (nSPS) is 10.1. The Hall–Kier alpha value is -1.08. The molecular weight excluding hydrogens is 236 g/mol. The maximum atomic E-state index is 3.42. The third kappa shape index (κ3) is 2.46. The molecule has 0 saturated heterocycles. The lowest BCUT2D eigenvalue weighted by Gasteiger charge is -2.00. The number of rotatable bonds is 2. The molecule has 0 aliphatic carbocycles. The van der Waals surface area contributed by atoms with Gasteiger partial charge in [0.2, 0.25) is 0 Å². The summed E-state index contributed by atoms with van der Waals surface area (Å²) in [5.74, 6) is 0. The monoisotopic (exact) mass is 245 g/mol. The van der Waals surface area contributed by atoms with E-state index in [0.717, 1.165) is 4.47 Å². The van der Waals surface area contributed by atoms with Gasteiger partial charge in [-0.3, -0.25) is 0 Å². The number of hydrogen-bond acceptors (Lipinski definition) is 0. The highest BCUT2D eigenvalue weighted by atomic mass is 79.9. The van der Waals surface area contributed by atoms with Crippen molar-refractivity contribution in [2.24, 2.45) is 0 Å². The zero-order valence-electron chi connectivity index (χ0n) is 7.65. The molecule has 0 aliphatic heterocycles. The topological polar surface area (TPSA) is 0 Å². The predicted octanol–water partition coefficient (Wildman–Crippen LogP) is 4.05. The average molecular weight is 246 g/mol. The third-order valence-corrected chi connectivity index (χ3v) is 2.53. The van der Waals surface area contributed by atoms with Gasteiger partial charge in [0, 0.05) is 10.9 Å². The summed E-state index contributed by atoms with van der Waals surface area (Å²) >= 11 is 3.42. The maximum Gasteiger partial charge on any atom is 0.0199 e. The number of benzene rings is 2. The lowest BCUT2D eigenvalue weighted by Crippen LogP contribution is -1.83. The molecule has 0 nitrogen and oxygen atoms in total. The van der Waals surface area contributed by atoms with E-state index < -0.39 is 0 Å². The fraction of sp³-hybridized carbons (Fsp3) is 0. The van der Waals surface area contributed by atoms with Crippen LogP contribution in [0.1, 0.15) is 11.1 Å². The van der Waals surface area contributed by atoms with Crippen molar-refractivity contribution in [3.05, 3.63) is 76.6 Å². The molecule has 0 amide bonds. The van der Waals surface area contributed by atoms with Crippen LogP contribution in [0.25, 0.3) is 0 Å². The van der Waals surface area contributed by atoms with Crippen molar-refractivity contribution in [3.8, 4) is 0 Å². The van der Waals surface area contributed by atoms with E-state index in [0.29, 0.717) is 0 Å². The van der Waals surface area contributed by atoms with Gasteiger partial charge < -0.3 is 0 Å². The summed E-state index contributed by atoms with van der Waals surface area (Å²) in [6.07, 6.45) is 2.16. The van der Waals surface area contributed by atoms with Crippen LogP contribution >= 0.6 is 15.9 Å². The van der Waals surface area contributed by atoms with Crippen molar-refractivity contribution in [2.75, 3.05) is 0 Å². The van der Waals surface area contributed by atoms with Crippen LogP contribution in [0.5, 0.6) is 0 Å². The zero-order chi connectivity index (χ0) is 9.80. The average Bonchev–Trinajstić information content (AvgIpc) is 2.23. The van der Waals surface area contributed by atoms with E-state index in [9.17, 15) is 0 Å². The van der Waals surface area contributed by atoms with Crippen LogP contribution < -0.4 is 0 Å². The van der Waals surface area contributed by atoms with Gasteiger partial charge in [0.05, 0.1) is 0 Å². The van der Waals surface area contributed by atoms with E-state index in [1.54, 1.807) is 0 Å². The van der Waals surface area contributed by atoms with Crippen molar-refractivity contribution in [1.82, 2.24) is 0 Å². The van der Waals surface area contributed by atoms with Crippen LogP contribution in [0.3, 0.4) is 0 Å². The Bertz CT molecular complexity index is 389. The van der Waals surface area contributed by atoms with Crippen LogP contribution in [0.4, 0.5) is 0 Å². The first-order chi connectivity index (χ1) is 6.84. The standard InChI is InChI=1S/C13H10Br/c14-13-8-6-12(7-9-13)10-11-4-2-1-3-5-11/h1-10H. The highest BCUT2D eigenvalue weighted by Crippen LogP contribution is 2.15. The van der Waals surface area contributed by atoms with Gasteiger partial charge in [0.15, 0.2) is 0 Å². The molecule has 0 heterocycles. The molecular formula is C13H10Br. The molecule has 69 valence electrons. The van der Waals surface area contributed by atoms with Crippen molar-refractivity contribution in [1.29, 1.82) is 0 Å². The van der Waals surface area contributed by atoms with Gasteiger partial charge in [-0.25, -0.2) is 0 Å². The van der Waals surface area contributed by atoms with E-state index in [-0.39, 0.29) is 0 Å². The summed E-state index contributed by atoms with van der Waals surface area (Å²) < 4.78 is 1.11. The van der Waals surface area contributed by atoms with Crippen molar-refractivity contribution in [2.45, 2.75) is 0 Å². The molecule has 2 aromatic rings. The van der Waals surface area contributed by atoms with Gasteiger partial charge in [-0.15, -0.1) is 0 Å². The van der Waals surface area contributed by atoms with Gasteiger partial charge in [-0.1, -0.05) is 58.4 Å². The molecule has 0 fully saturated rings. The minimum atomic E-state index is 1.11. The third-order valence-electron chi connectivity index (χ3n) is 2.00. The molecule has 0 spiro atoms. The Morgan fingerprint density at radius 3 is 1.93 bits per heavy atom. The SMILES string of the molecule is Brc1ccc([CH]c2ccccc2)cc1. The second kappa shape index (κ2) is 4.43. The van der Waals surface area contributed by atoms with E-state index in [2.05, 4.69) is 58.7 Å². The second-order valence-corrected chi connectivity index (χ2v) is 4.02. The first-order valence-electron chi connectivity index (χ1n) is 4.50. The second-order valence-electron chi connectivity index (χ2n) is 3.11. The molecule has 0 unspecified atom stereocenters. The first-order valence-corrected chi connectivity index (χ1v) is 5.29. The molecule has 2 aromatic carbocycles. The van der Waals surface area contributed by atoms with Crippen molar-refractivity contribution < 1.29 is 0 Å². The van der Waals surface area contributed by atoms with Crippen LogP contribution in [0, 0.1) is 6.42 Å². The lowest BCUT2D eigenvalue weighted by molar-refractivity contribution is 1.43. The summed E-state index contributed by atoms with van der Waals surface area (Å²) in [6, 6.07) is 18.6. The van der Waals surface area contributed by atoms with Gasteiger partial charge >= 0.3 is 0 Å². The lowest BCUT2D eigenvalue weighted by atomic mass is 10.1. The fourth-order valence-electron chi connectivity index (χ4n) is 1.30. The molecule has 0 bridgehead atoms.